The molecule has 4 nitrogen and oxygen atoms in total. The molecule has 19 heavy (non-hydrogen) atoms. The number of aryl methyl sites for hydroxylation is 1. The maximum atomic E-state index is 8.72. The van der Waals surface area contributed by atoms with E-state index in [2.05, 4.69) is 24.0 Å². The zero-order chi connectivity index (χ0) is 14.1. The summed E-state index contributed by atoms with van der Waals surface area (Å²) in [6, 6.07) is 8.34. The second kappa shape index (κ2) is 8.52. The molecule has 1 rings (SSSR count). The number of ether oxygens (including phenoxy) is 2. The third-order valence-electron chi connectivity index (χ3n) is 2.98. The monoisotopic (exact) mass is 262 g/mol. The van der Waals surface area contributed by atoms with E-state index in [1.54, 1.807) is 14.2 Å². The Labute approximate surface area is 115 Å². The lowest BCUT2D eigenvalue weighted by Gasteiger charge is -2.22. The van der Waals surface area contributed by atoms with Crippen LogP contribution in [0.1, 0.15) is 17.5 Å². The van der Waals surface area contributed by atoms with Crippen LogP contribution in [0.25, 0.3) is 0 Å². The molecule has 0 spiro atoms. The zero-order valence-corrected chi connectivity index (χ0v) is 12.0. The molecule has 0 bridgehead atoms. The molecule has 0 saturated carbocycles. The number of benzene rings is 1. The summed E-state index contributed by atoms with van der Waals surface area (Å²) >= 11 is 0. The number of hydrogen-bond acceptors (Lipinski definition) is 4. The number of nitriles is 1. The van der Waals surface area contributed by atoms with Crippen LogP contribution in [-0.2, 0) is 11.3 Å². The summed E-state index contributed by atoms with van der Waals surface area (Å²) < 4.78 is 10.5. The molecule has 0 heterocycles. The third-order valence-corrected chi connectivity index (χ3v) is 2.98. The van der Waals surface area contributed by atoms with E-state index in [9.17, 15) is 0 Å². The van der Waals surface area contributed by atoms with Gasteiger partial charge in [-0.1, -0.05) is 17.7 Å². The van der Waals surface area contributed by atoms with Crippen LogP contribution in [-0.4, -0.2) is 38.8 Å². The minimum absolute atomic E-state index is 0.526. The van der Waals surface area contributed by atoms with Crippen LogP contribution in [0, 0.1) is 18.3 Å². The van der Waals surface area contributed by atoms with Crippen molar-refractivity contribution in [2.45, 2.75) is 19.9 Å². The fraction of sp³-hybridized carbons (Fsp3) is 0.533. The predicted octanol–water partition coefficient (Wildman–Crippen LogP) is 2.37. The highest BCUT2D eigenvalue weighted by Gasteiger charge is 2.10. The lowest BCUT2D eigenvalue weighted by atomic mass is 10.1. The standard InChI is InChI=1S/C15H22N2O2/c1-13-5-6-15(19-3)14(11-13)12-17(8-4-7-16)9-10-18-2/h5-6,11H,4,8-10,12H2,1-3H3. The van der Waals surface area contributed by atoms with Gasteiger partial charge < -0.3 is 9.47 Å². The first-order chi connectivity index (χ1) is 9.21. The average Bonchev–Trinajstić information content (AvgIpc) is 2.42. The van der Waals surface area contributed by atoms with Crippen molar-refractivity contribution in [3.63, 3.8) is 0 Å². The number of nitrogens with zero attached hydrogens (tertiary/aromatic N) is 2. The van der Waals surface area contributed by atoms with Gasteiger partial charge in [-0.2, -0.15) is 5.26 Å². The van der Waals surface area contributed by atoms with Gasteiger partial charge in [-0.3, -0.25) is 4.90 Å². The molecule has 0 radical (unpaired) electrons. The van der Waals surface area contributed by atoms with Crippen LogP contribution in [0.2, 0.25) is 0 Å². The molecule has 4 heteroatoms. The number of hydrogen-bond donors (Lipinski definition) is 0. The molecule has 0 fully saturated rings. The molecule has 0 amide bonds. The first-order valence-corrected chi connectivity index (χ1v) is 6.43. The molecule has 0 aliphatic carbocycles. The highest BCUT2D eigenvalue weighted by atomic mass is 16.5. The Bertz CT molecular complexity index is 427. The van der Waals surface area contributed by atoms with Gasteiger partial charge in [-0.25, -0.2) is 0 Å². The normalized spacial score (nSPS) is 10.5. The Kier molecular flexibility index (Phi) is 6.94. The van der Waals surface area contributed by atoms with Gasteiger partial charge in [0, 0.05) is 38.7 Å². The van der Waals surface area contributed by atoms with Crippen molar-refractivity contribution in [2.24, 2.45) is 0 Å². The van der Waals surface area contributed by atoms with Gasteiger partial charge in [-0.15, -0.1) is 0 Å². The van der Waals surface area contributed by atoms with Crippen LogP contribution in [0.4, 0.5) is 0 Å². The van der Waals surface area contributed by atoms with Gasteiger partial charge >= 0.3 is 0 Å². The smallest absolute Gasteiger partial charge is 0.123 e. The summed E-state index contributed by atoms with van der Waals surface area (Å²) in [5, 5.41) is 8.72. The maximum absolute atomic E-state index is 8.72. The molecule has 1 aromatic rings. The highest BCUT2D eigenvalue weighted by molar-refractivity contribution is 5.36. The lowest BCUT2D eigenvalue weighted by molar-refractivity contribution is 0.145. The van der Waals surface area contributed by atoms with E-state index in [-0.39, 0.29) is 0 Å². The predicted molar refractivity (Wildman–Crippen MR) is 75.1 cm³/mol. The highest BCUT2D eigenvalue weighted by Crippen LogP contribution is 2.21. The Hall–Kier alpha value is -1.57. The summed E-state index contributed by atoms with van der Waals surface area (Å²) in [6.45, 7) is 5.07. The van der Waals surface area contributed by atoms with Crippen molar-refractivity contribution in [2.75, 3.05) is 33.9 Å². The van der Waals surface area contributed by atoms with E-state index < -0.39 is 0 Å². The quantitative estimate of drug-likeness (QED) is 0.721. The van der Waals surface area contributed by atoms with Crippen molar-refractivity contribution in [3.8, 4) is 11.8 Å². The van der Waals surface area contributed by atoms with Crippen molar-refractivity contribution in [3.05, 3.63) is 29.3 Å². The third kappa shape index (κ3) is 5.29. The van der Waals surface area contributed by atoms with Crippen molar-refractivity contribution < 1.29 is 9.47 Å². The van der Waals surface area contributed by atoms with Crippen LogP contribution in [0.5, 0.6) is 5.75 Å². The van der Waals surface area contributed by atoms with Crippen LogP contribution < -0.4 is 4.74 Å². The Balaban J connectivity index is 2.76. The largest absolute Gasteiger partial charge is 0.496 e. The van der Waals surface area contributed by atoms with E-state index in [4.69, 9.17) is 14.7 Å². The Morgan fingerprint density at radius 1 is 1.26 bits per heavy atom. The van der Waals surface area contributed by atoms with Crippen LogP contribution in [0.3, 0.4) is 0 Å². The topological polar surface area (TPSA) is 45.5 Å². The average molecular weight is 262 g/mol. The molecular formula is C15H22N2O2. The summed E-state index contributed by atoms with van der Waals surface area (Å²) in [4.78, 5) is 2.21. The van der Waals surface area contributed by atoms with Crippen molar-refractivity contribution in [1.29, 1.82) is 5.26 Å². The lowest BCUT2D eigenvalue weighted by Crippen LogP contribution is -2.28. The van der Waals surface area contributed by atoms with E-state index in [1.165, 1.54) is 5.56 Å². The van der Waals surface area contributed by atoms with Crippen LogP contribution in [0.15, 0.2) is 18.2 Å². The van der Waals surface area contributed by atoms with E-state index in [0.717, 1.165) is 30.9 Å². The molecule has 0 saturated heterocycles. The first kappa shape index (κ1) is 15.5. The second-order valence-electron chi connectivity index (χ2n) is 4.49. The Morgan fingerprint density at radius 3 is 2.68 bits per heavy atom. The molecule has 0 aliphatic heterocycles. The fourth-order valence-corrected chi connectivity index (χ4v) is 1.97. The summed E-state index contributed by atoms with van der Waals surface area (Å²) in [6.07, 6.45) is 0.526. The molecule has 0 unspecified atom stereocenters. The van der Waals surface area contributed by atoms with Gasteiger partial charge in [0.2, 0.25) is 0 Å². The van der Waals surface area contributed by atoms with E-state index in [1.807, 2.05) is 12.1 Å². The SMILES string of the molecule is COCCN(CCC#N)Cc1cc(C)ccc1OC. The minimum Gasteiger partial charge on any atom is -0.496 e. The fourth-order valence-electron chi connectivity index (χ4n) is 1.97. The van der Waals surface area contributed by atoms with Crippen molar-refractivity contribution in [1.82, 2.24) is 4.90 Å². The molecule has 0 aromatic heterocycles. The maximum Gasteiger partial charge on any atom is 0.123 e. The molecule has 104 valence electrons. The van der Waals surface area contributed by atoms with Gasteiger partial charge in [0.15, 0.2) is 0 Å². The minimum atomic E-state index is 0.526. The second-order valence-corrected chi connectivity index (χ2v) is 4.49. The molecule has 1 aromatic carbocycles. The zero-order valence-electron chi connectivity index (χ0n) is 12.0. The first-order valence-electron chi connectivity index (χ1n) is 6.43. The summed E-state index contributed by atoms with van der Waals surface area (Å²) in [5.41, 5.74) is 2.36. The van der Waals surface area contributed by atoms with Gasteiger partial charge in [0.25, 0.3) is 0 Å². The Morgan fingerprint density at radius 2 is 2.05 bits per heavy atom. The van der Waals surface area contributed by atoms with Gasteiger partial charge in [0.05, 0.1) is 19.8 Å². The van der Waals surface area contributed by atoms with E-state index >= 15 is 0 Å². The number of rotatable bonds is 8. The van der Waals surface area contributed by atoms with E-state index in [0.29, 0.717) is 13.0 Å². The molecular weight excluding hydrogens is 240 g/mol. The van der Waals surface area contributed by atoms with Crippen LogP contribution >= 0.6 is 0 Å². The molecule has 0 atom stereocenters. The van der Waals surface area contributed by atoms with Gasteiger partial charge in [-0.05, 0) is 13.0 Å². The number of methoxy groups -OCH3 is 2. The molecule has 0 N–H and O–H groups in total. The summed E-state index contributed by atoms with van der Waals surface area (Å²) in [7, 11) is 3.37. The summed E-state index contributed by atoms with van der Waals surface area (Å²) in [5.74, 6) is 0.893. The van der Waals surface area contributed by atoms with Crippen molar-refractivity contribution >= 4 is 0 Å². The van der Waals surface area contributed by atoms with Gasteiger partial charge in [0.1, 0.15) is 5.75 Å². The molecule has 0 aliphatic rings.